The van der Waals surface area contributed by atoms with E-state index in [1.807, 2.05) is 60.7 Å². The number of rotatable bonds is 8. The molecule has 0 bridgehead atoms. The van der Waals surface area contributed by atoms with Crippen LogP contribution in [0.5, 0.6) is 0 Å². The lowest BCUT2D eigenvalue weighted by Gasteiger charge is -2.43. The number of benzene rings is 3. The fourth-order valence-electron chi connectivity index (χ4n) is 6.46. The molecule has 1 unspecified atom stereocenters. The molecular formula is C33H37BrO7Si. The maximum absolute atomic E-state index is 12.4. The number of ether oxygens (including phenoxy) is 4. The second-order valence-corrected chi connectivity index (χ2v) is 17.1. The molecule has 0 spiro atoms. The summed E-state index contributed by atoms with van der Waals surface area (Å²) in [6, 6.07) is 28.5. The van der Waals surface area contributed by atoms with Gasteiger partial charge in [0.05, 0.1) is 6.61 Å². The zero-order chi connectivity index (χ0) is 30.1. The number of halogens is 1. The molecule has 3 aromatic carbocycles. The van der Waals surface area contributed by atoms with Crippen molar-refractivity contribution in [3.8, 4) is 0 Å². The van der Waals surface area contributed by atoms with Crippen LogP contribution in [0.1, 0.15) is 46.6 Å². The molecule has 0 radical (unpaired) electrons. The highest BCUT2D eigenvalue weighted by molar-refractivity contribution is 9.10. The van der Waals surface area contributed by atoms with Gasteiger partial charge in [-0.1, -0.05) is 109 Å². The molecule has 2 aliphatic rings. The lowest BCUT2D eigenvalue weighted by molar-refractivity contribution is -0.186. The van der Waals surface area contributed by atoms with Crippen LogP contribution in [0.4, 0.5) is 0 Å². The van der Waals surface area contributed by atoms with Gasteiger partial charge >= 0.3 is 11.9 Å². The highest BCUT2D eigenvalue weighted by Gasteiger charge is 2.65. The first kappa shape index (κ1) is 30.6. The summed E-state index contributed by atoms with van der Waals surface area (Å²) in [5.41, 5.74) is -0.189. The molecule has 222 valence electrons. The molecule has 2 aliphatic heterocycles. The van der Waals surface area contributed by atoms with Crippen LogP contribution in [0, 0.1) is 0 Å². The van der Waals surface area contributed by atoms with Crippen LogP contribution in [-0.2, 0) is 38.6 Å². The molecule has 5 rings (SSSR count). The number of fused-ring (bicyclic) bond motifs is 1. The Morgan fingerprint density at radius 3 is 2.02 bits per heavy atom. The van der Waals surface area contributed by atoms with Crippen LogP contribution in [0.3, 0.4) is 0 Å². The molecule has 0 N–H and O–H groups in total. The number of carbonyl (C=O) groups excluding carboxylic acids is 2. The second kappa shape index (κ2) is 12.0. The van der Waals surface area contributed by atoms with Crippen LogP contribution in [-0.4, -0.2) is 51.5 Å². The Kier molecular flexibility index (Phi) is 8.79. The minimum Gasteiger partial charge on any atom is -0.457 e. The highest BCUT2D eigenvalue weighted by atomic mass is 79.9. The summed E-state index contributed by atoms with van der Waals surface area (Å²) in [4.78, 5) is 24.3. The number of esters is 2. The van der Waals surface area contributed by atoms with Gasteiger partial charge in [-0.3, -0.25) is 9.59 Å². The molecule has 0 aromatic heterocycles. The van der Waals surface area contributed by atoms with E-state index in [-0.39, 0.29) is 18.1 Å². The Morgan fingerprint density at radius 2 is 1.50 bits per heavy atom. The third kappa shape index (κ3) is 5.73. The summed E-state index contributed by atoms with van der Waals surface area (Å²) in [7, 11) is -2.91. The van der Waals surface area contributed by atoms with Crippen LogP contribution < -0.4 is 10.4 Å². The van der Waals surface area contributed by atoms with Gasteiger partial charge in [0.25, 0.3) is 8.32 Å². The highest BCUT2D eigenvalue weighted by Crippen LogP contribution is 2.52. The number of carbonyl (C=O) groups is 2. The van der Waals surface area contributed by atoms with E-state index in [0.29, 0.717) is 0 Å². The minimum absolute atomic E-state index is 0.166. The zero-order valence-corrected chi connectivity index (χ0v) is 27.1. The summed E-state index contributed by atoms with van der Waals surface area (Å²) >= 11 is 3.57. The average Bonchev–Trinajstić information content (AvgIpc) is 3.42. The van der Waals surface area contributed by atoms with Crippen LogP contribution in [0.15, 0.2) is 89.4 Å². The molecule has 9 heteroatoms. The summed E-state index contributed by atoms with van der Waals surface area (Å²) in [5, 5.41) is 2.03. The van der Waals surface area contributed by atoms with Crippen molar-refractivity contribution in [1.29, 1.82) is 0 Å². The standard InChI is InChI=1S/C33H37BrO7Si/c1-22(35)38-29-20-33(24-13-12-14-25(34)19-24)31(40-29)30(39-23(2)36)28(41-33)21-37-42(32(3,4)5,26-15-8-6-9-16-26)27-17-10-7-11-18-27/h6-19,28-31H,20-21H2,1-5H3/t28-,29?,30-,31-,33+/m1/s1. The van der Waals surface area contributed by atoms with E-state index in [0.717, 1.165) is 20.4 Å². The number of hydrogen-bond acceptors (Lipinski definition) is 7. The average molecular weight is 654 g/mol. The summed E-state index contributed by atoms with van der Waals surface area (Å²) in [5.74, 6) is -0.913. The van der Waals surface area contributed by atoms with Crippen LogP contribution >= 0.6 is 15.9 Å². The molecule has 5 atom stereocenters. The van der Waals surface area contributed by atoms with Crippen molar-refractivity contribution in [2.45, 2.75) is 76.3 Å². The van der Waals surface area contributed by atoms with Crippen molar-refractivity contribution in [1.82, 2.24) is 0 Å². The third-order valence-electron chi connectivity index (χ3n) is 8.05. The SMILES string of the molecule is CC(=O)OC1C[C@@]2(c3cccc(Br)c3)O[C@H](CO[Si](c3ccccc3)(c3ccccc3)C(C)(C)C)[C@@H](OC(C)=O)[C@H]2O1. The van der Waals surface area contributed by atoms with Gasteiger partial charge in [-0.15, -0.1) is 0 Å². The second-order valence-electron chi connectivity index (χ2n) is 11.9. The minimum atomic E-state index is -2.91. The maximum Gasteiger partial charge on any atom is 0.304 e. The first-order valence-electron chi connectivity index (χ1n) is 14.1. The molecule has 3 aromatic rings. The molecule has 0 aliphatic carbocycles. The lowest BCUT2D eigenvalue weighted by Crippen LogP contribution is -2.67. The zero-order valence-electron chi connectivity index (χ0n) is 24.5. The van der Waals surface area contributed by atoms with E-state index in [9.17, 15) is 9.59 Å². The quantitative estimate of drug-likeness (QED) is 0.244. The van der Waals surface area contributed by atoms with Gasteiger partial charge < -0.3 is 23.4 Å². The summed E-state index contributed by atoms with van der Waals surface area (Å²) in [6.45, 7) is 9.51. The van der Waals surface area contributed by atoms with Crippen molar-refractivity contribution in [2.24, 2.45) is 0 Å². The van der Waals surface area contributed by atoms with Gasteiger partial charge in [0, 0.05) is 24.7 Å². The molecule has 2 saturated heterocycles. The summed E-state index contributed by atoms with van der Waals surface area (Å²) in [6.07, 6.45) is -2.74. The van der Waals surface area contributed by atoms with Gasteiger partial charge in [0.2, 0.25) is 6.29 Å². The topological polar surface area (TPSA) is 80.3 Å². The Hall–Kier alpha value is -2.82. The van der Waals surface area contributed by atoms with Crippen molar-refractivity contribution in [3.05, 3.63) is 95.0 Å². The van der Waals surface area contributed by atoms with Crippen molar-refractivity contribution >= 4 is 46.6 Å². The first-order valence-corrected chi connectivity index (χ1v) is 16.9. The van der Waals surface area contributed by atoms with E-state index in [1.165, 1.54) is 13.8 Å². The van der Waals surface area contributed by atoms with Crippen molar-refractivity contribution in [2.75, 3.05) is 6.61 Å². The van der Waals surface area contributed by atoms with Crippen molar-refractivity contribution < 1.29 is 33.0 Å². The predicted octanol–water partition coefficient (Wildman–Crippen LogP) is 5.23. The lowest BCUT2D eigenvalue weighted by atomic mass is 9.86. The van der Waals surface area contributed by atoms with Gasteiger partial charge in [-0.2, -0.15) is 0 Å². The maximum atomic E-state index is 12.4. The largest absolute Gasteiger partial charge is 0.457 e. The van der Waals surface area contributed by atoms with Gasteiger partial charge in [-0.25, -0.2) is 0 Å². The molecule has 2 fully saturated rings. The third-order valence-corrected chi connectivity index (χ3v) is 13.5. The summed E-state index contributed by atoms with van der Waals surface area (Å²) < 4.78 is 32.7. The molecule has 0 amide bonds. The van der Waals surface area contributed by atoms with Crippen molar-refractivity contribution in [3.63, 3.8) is 0 Å². The van der Waals surface area contributed by atoms with Crippen LogP contribution in [0.2, 0.25) is 5.04 Å². The number of hydrogen-bond donors (Lipinski definition) is 0. The fraction of sp³-hybridized carbons (Fsp3) is 0.394. The van der Waals surface area contributed by atoms with Gasteiger partial charge in [0.1, 0.15) is 17.8 Å². The Balaban J connectivity index is 1.57. The first-order chi connectivity index (χ1) is 20.0. The monoisotopic (exact) mass is 652 g/mol. The van der Waals surface area contributed by atoms with E-state index in [4.69, 9.17) is 23.4 Å². The van der Waals surface area contributed by atoms with E-state index in [2.05, 4.69) is 61.0 Å². The van der Waals surface area contributed by atoms with Crippen LogP contribution in [0.25, 0.3) is 0 Å². The molecule has 2 heterocycles. The molecule has 0 saturated carbocycles. The Labute approximate surface area is 256 Å². The Bertz CT molecular complexity index is 1370. The predicted molar refractivity (Wildman–Crippen MR) is 165 cm³/mol. The smallest absolute Gasteiger partial charge is 0.304 e. The van der Waals surface area contributed by atoms with Gasteiger partial charge in [0.15, 0.2) is 6.10 Å². The molecule has 42 heavy (non-hydrogen) atoms. The Morgan fingerprint density at radius 1 is 0.905 bits per heavy atom. The normalized spacial score (nSPS) is 25.6. The van der Waals surface area contributed by atoms with E-state index >= 15 is 0 Å². The molecular weight excluding hydrogens is 616 g/mol. The molecule has 7 nitrogen and oxygen atoms in total. The van der Waals surface area contributed by atoms with Gasteiger partial charge in [-0.05, 0) is 33.1 Å². The fourth-order valence-corrected chi connectivity index (χ4v) is 11.4. The van der Waals surface area contributed by atoms with E-state index in [1.54, 1.807) is 0 Å². The van der Waals surface area contributed by atoms with E-state index < -0.39 is 50.5 Å².